The van der Waals surface area contributed by atoms with Gasteiger partial charge in [0.25, 0.3) is 0 Å². The first kappa shape index (κ1) is 13.5. The van der Waals surface area contributed by atoms with Crippen molar-refractivity contribution in [3.8, 4) is 0 Å². The van der Waals surface area contributed by atoms with Gasteiger partial charge in [-0.1, -0.05) is 6.92 Å². The second kappa shape index (κ2) is 6.30. The molecule has 100 valence electrons. The van der Waals surface area contributed by atoms with Crippen LogP contribution in [0, 0.1) is 0 Å². The average molecular weight is 277 g/mol. The molecule has 0 spiro atoms. The van der Waals surface area contributed by atoms with Crippen LogP contribution in [-0.2, 0) is 6.54 Å². The summed E-state index contributed by atoms with van der Waals surface area (Å²) >= 11 is 1.22. The minimum Gasteiger partial charge on any atom is -0.383 e. The van der Waals surface area contributed by atoms with Crippen LogP contribution in [0.1, 0.15) is 12.5 Å². The molecule has 0 aliphatic heterocycles. The van der Waals surface area contributed by atoms with Gasteiger partial charge in [0.15, 0.2) is 10.3 Å². The molecule has 19 heavy (non-hydrogen) atoms. The van der Waals surface area contributed by atoms with Gasteiger partial charge in [0.05, 0.1) is 0 Å². The number of nitrogens with zero attached hydrogens (tertiary/aromatic N) is 4. The van der Waals surface area contributed by atoms with E-state index < -0.39 is 0 Å². The van der Waals surface area contributed by atoms with E-state index in [9.17, 15) is 0 Å². The zero-order valence-corrected chi connectivity index (χ0v) is 11.3. The second-order valence-corrected chi connectivity index (χ2v) is 4.69. The lowest BCUT2D eigenvalue weighted by Gasteiger charge is -2.03. The van der Waals surface area contributed by atoms with Crippen LogP contribution in [-0.4, -0.2) is 26.5 Å². The van der Waals surface area contributed by atoms with Crippen molar-refractivity contribution in [3.63, 3.8) is 0 Å². The van der Waals surface area contributed by atoms with Crippen LogP contribution in [0.2, 0.25) is 0 Å². The first-order valence-electron chi connectivity index (χ1n) is 5.77. The fourth-order valence-corrected chi connectivity index (χ4v) is 2.02. The van der Waals surface area contributed by atoms with E-state index in [0.717, 1.165) is 18.7 Å². The molecule has 2 heterocycles. The van der Waals surface area contributed by atoms with Gasteiger partial charge in [-0.05, 0) is 18.3 Å². The highest BCUT2D eigenvalue weighted by atomic mass is 32.2. The van der Waals surface area contributed by atoms with Gasteiger partial charge in [-0.2, -0.15) is 0 Å². The van der Waals surface area contributed by atoms with Gasteiger partial charge in [-0.15, -0.1) is 0 Å². The zero-order chi connectivity index (χ0) is 13.7. The Morgan fingerprint density at radius 3 is 2.32 bits per heavy atom. The number of hydrogen-bond acceptors (Lipinski definition) is 8. The second-order valence-electron chi connectivity index (χ2n) is 3.76. The van der Waals surface area contributed by atoms with Crippen LogP contribution in [0.4, 0.5) is 11.6 Å². The van der Waals surface area contributed by atoms with Crippen molar-refractivity contribution in [2.45, 2.75) is 23.8 Å². The smallest absolute Gasteiger partial charge is 0.199 e. The highest BCUT2D eigenvalue weighted by molar-refractivity contribution is 7.99. The summed E-state index contributed by atoms with van der Waals surface area (Å²) in [5.74, 6) is 0.664. The Balaban J connectivity index is 2.06. The van der Waals surface area contributed by atoms with Crippen LogP contribution < -0.4 is 16.8 Å². The topological polar surface area (TPSA) is 116 Å². The summed E-state index contributed by atoms with van der Waals surface area (Å²) in [6, 6.07) is 1.50. The van der Waals surface area contributed by atoms with Crippen molar-refractivity contribution >= 4 is 23.4 Å². The highest BCUT2D eigenvalue weighted by Gasteiger charge is 2.05. The molecule has 0 aliphatic carbocycles. The molecular formula is C11H15N7S. The van der Waals surface area contributed by atoms with Crippen molar-refractivity contribution in [2.24, 2.45) is 0 Å². The molecule has 5 N–H and O–H groups in total. The molecule has 0 amide bonds. The van der Waals surface area contributed by atoms with E-state index in [4.69, 9.17) is 11.5 Å². The largest absolute Gasteiger partial charge is 0.383 e. The van der Waals surface area contributed by atoms with Crippen molar-refractivity contribution in [2.75, 3.05) is 18.0 Å². The van der Waals surface area contributed by atoms with Gasteiger partial charge in [0, 0.05) is 30.6 Å². The molecule has 0 atom stereocenters. The van der Waals surface area contributed by atoms with E-state index in [1.165, 1.54) is 17.8 Å². The summed E-state index contributed by atoms with van der Waals surface area (Å²) in [4.78, 5) is 16.6. The molecule has 0 bridgehead atoms. The maximum atomic E-state index is 5.60. The lowest BCUT2D eigenvalue weighted by molar-refractivity contribution is 0.716. The molecule has 0 saturated carbocycles. The summed E-state index contributed by atoms with van der Waals surface area (Å²) < 4.78 is 0. The van der Waals surface area contributed by atoms with Crippen molar-refractivity contribution < 1.29 is 0 Å². The van der Waals surface area contributed by atoms with E-state index >= 15 is 0 Å². The maximum Gasteiger partial charge on any atom is 0.199 e. The fraction of sp³-hybridized carbons (Fsp3) is 0.273. The van der Waals surface area contributed by atoms with Gasteiger partial charge < -0.3 is 16.8 Å². The monoisotopic (exact) mass is 277 g/mol. The molecule has 2 aromatic heterocycles. The standard InChI is InChI=1S/C11H15N7S/c1-2-14-4-7-5-15-10(16-6-7)19-11-17-8(12)3-9(13)18-11/h3,5-6,14H,2,4H2,1H3,(H4,12,13,17,18). The van der Waals surface area contributed by atoms with E-state index in [-0.39, 0.29) is 0 Å². The van der Waals surface area contributed by atoms with Gasteiger partial charge in [0.2, 0.25) is 0 Å². The van der Waals surface area contributed by atoms with Gasteiger partial charge in [-0.25, -0.2) is 19.9 Å². The Morgan fingerprint density at radius 1 is 1.11 bits per heavy atom. The zero-order valence-electron chi connectivity index (χ0n) is 10.5. The molecule has 0 saturated heterocycles. The number of hydrogen-bond donors (Lipinski definition) is 3. The summed E-state index contributed by atoms with van der Waals surface area (Å²) in [5, 5.41) is 4.21. The normalized spacial score (nSPS) is 10.6. The summed E-state index contributed by atoms with van der Waals surface area (Å²) in [6.07, 6.45) is 3.54. The molecule has 2 rings (SSSR count). The van der Waals surface area contributed by atoms with Crippen LogP contribution in [0.5, 0.6) is 0 Å². The maximum absolute atomic E-state index is 5.60. The van der Waals surface area contributed by atoms with Gasteiger partial charge in [-0.3, -0.25) is 0 Å². The number of aromatic nitrogens is 4. The van der Waals surface area contributed by atoms with Gasteiger partial charge in [0.1, 0.15) is 11.6 Å². The number of anilines is 2. The Hall–Kier alpha value is -1.93. The molecule has 0 aliphatic rings. The Morgan fingerprint density at radius 2 is 1.74 bits per heavy atom. The Bertz CT molecular complexity index is 523. The third-order valence-corrected chi connectivity index (χ3v) is 2.95. The lowest BCUT2D eigenvalue weighted by Crippen LogP contribution is -2.12. The predicted molar refractivity (Wildman–Crippen MR) is 74.4 cm³/mol. The SMILES string of the molecule is CCNCc1cnc(Sc2nc(N)cc(N)n2)nc1. The molecule has 7 nitrogen and oxygen atoms in total. The van der Waals surface area contributed by atoms with Crippen molar-refractivity contribution in [3.05, 3.63) is 24.0 Å². The Labute approximate surface area is 115 Å². The minimum atomic E-state index is 0.332. The summed E-state index contributed by atoms with van der Waals surface area (Å²) in [5.41, 5.74) is 12.2. The lowest BCUT2D eigenvalue weighted by atomic mass is 10.3. The predicted octanol–water partition coefficient (Wildman–Crippen LogP) is 0.692. The molecule has 0 radical (unpaired) electrons. The number of nitrogens with one attached hydrogen (secondary N) is 1. The van der Waals surface area contributed by atoms with Crippen molar-refractivity contribution in [1.82, 2.24) is 25.3 Å². The fourth-order valence-electron chi connectivity index (χ4n) is 1.35. The highest BCUT2D eigenvalue weighted by Crippen LogP contribution is 2.22. The van der Waals surface area contributed by atoms with Crippen LogP contribution in [0.25, 0.3) is 0 Å². The van der Waals surface area contributed by atoms with Gasteiger partial charge >= 0.3 is 0 Å². The molecule has 8 heteroatoms. The van der Waals surface area contributed by atoms with E-state index in [2.05, 4.69) is 25.3 Å². The number of nitrogens with two attached hydrogens (primary N) is 2. The average Bonchev–Trinajstić information content (AvgIpc) is 2.37. The van der Waals surface area contributed by atoms with Crippen LogP contribution in [0.3, 0.4) is 0 Å². The van der Waals surface area contributed by atoms with E-state index in [1.807, 2.05) is 6.92 Å². The molecule has 0 aromatic carbocycles. The van der Waals surface area contributed by atoms with Crippen molar-refractivity contribution in [1.29, 1.82) is 0 Å². The first-order chi connectivity index (χ1) is 9.17. The quantitative estimate of drug-likeness (QED) is 0.684. The summed E-state index contributed by atoms with van der Waals surface area (Å²) in [6.45, 7) is 3.71. The molecule has 0 unspecified atom stereocenters. The van der Waals surface area contributed by atoms with Crippen LogP contribution in [0.15, 0.2) is 28.8 Å². The number of nitrogen functional groups attached to an aromatic ring is 2. The molecular weight excluding hydrogens is 262 g/mol. The molecule has 0 fully saturated rings. The van der Waals surface area contributed by atoms with Crippen LogP contribution >= 0.6 is 11.8 Å². The minimum absolute atomic E-state index is 0.332. The molecule has 2 aromatic rings. The Kier molecular flexibility index (Phi) is 4.48. The number of rotatable bonds is 5. The van der Waals surface area contributed by atoms with E-state index in [1.54, 1.807) is 12.4 Å². The van der Waals surface area contributed by atoms with E-state index in [0.29, 0.717) is 21.9 Å². The summed E-state index contributed by atoms with van der Waals surface area (Å²) in [7, 11) is 0. The third kappa shape index (κ3) is 4.04. The third-order valence-electron chi connectivity index (χ3n) is 2.19. The first-order valence-corrected chi connectivity index (χ1v) is 6.58.